The van der Waals surface area contributed by atoms with E-state index in [-0.39, 0.29) is 0 Å². The Morgan fingerprint density at radius 2 is 2.11 bits per heavy atom. The third-order valence-corrected chi connectivity index (χ3v) is 4.59. The molecule has 1 N–H and O–H groups in total. The maximum absolute atomic E-state index is 5.84. The van der Waals surface area contributed by atoms with Gasteiger partial charge < -0.3 is 10.1 Å². The van der Waals surface area contributed by atoms with Crippen LogP contribution in [-0.4, -0.2) is 43.2 Å². The molecule has 0 bridgehead atoms. The van der Waals surface area contributed by atoms with Gasteiger partial charge in [0.2, 0.25) is 0 Å². The van der Waals surface area contributed by atoms with Gasteiger partial charge in [0, 0.05) is 31.7 Å². The first kappa shape index (κ1) is 12.9. The van der Waals surface area contributed by atoms with Crippen LogP contribution in [0, 0.1) is 5.92 Å². The molecule has 1 saturated carbocycles. The standard InChI is InChI=1S/C16H24N2O/c1-16(14-7-8-14)13-17-9-10-18(16)11-12-19-15-5-3-2-4-6-15/h2-6,14,17H,7-13H2,1H3. The Labute approximate surface area is 115 Å². The minimum Gasteiger partial charge on any atom is -0.492 e. The molecule has 104 valence electrons. The second-order valence-electron chi connectivity index (χ2n) is 5.96. The highest BCUT2D eigenvalue weighted by Gasteiger charge is 2.46. The topological polar surface area (TPSA) is 24.5 Å². The number of rotatable bonds is 5. The van der Waals surface area contributed by atoms with Crippen LogP contribution in [0.4, 0.5) is 0 Å². The molecule has 2 fully saturated rings. The molecule has 1 aromatic rings. The van der Waals surface area contributed by atoms with E-state index in [0.29, 0.717) is 5.54 Å². The number of ether oxygens (including phenoxy) is 1. The number of para-hydroxylation sites is 1. The number of hydrogen-bond acceptors (Lipinski definition) is 3. The zero-order chi connectivity index (χ0) is 13.1. The molecule has 19 heavy (non-hydrogen) atoms. The van der Waals surface area contributed by atoms with Crippen LogP contribution in [0.1, 0.15) is 19.8 Å². The molecule has 0 spiro atoms. The molecule has 3 rings (SSSR count). The lowest BCUT2D eigenvalue weighted by Gasteiger charge is -2.45. The van der Waals surface area contributed by atoms with Gasteiger partial charge in [0.25, 0.3) is 0 Å². The summed E-state index contributed by atoms with van der Waals surface area (Å²) in [5, 5.41) is 3.55. The van der Waals surface area contributed by atoms with Gasteiger partial charge in [-0.15, -0.1) is 0 Å². The largest absolute Gasteiger partial charge is 0.492 e. The molecule has 1 saturated heterocycles. The summed E-state index contributed by atoms with van der Waals surface area (Å²) in [7, 11) is 0. The summed E-state index contributed by atoms with van der Waals surface area (Å²) in [6.07, 6.45) is 2.79. The lowest BCUT2D eigenvalue weighted by molar-refractivity contribution is 0.0436. The average molecular weight is 260 g/mol. The van der Waals surface area contributed by atoms with Crippen LogP contribution in [0.2, 0.25) is 0 Å². The maximum atomic E-state index is 5.84. The molecule has 1 heterocycles. The summed E-state index contributed by atoms with van der Waals surface area (Å²) in [5.41, 5.74) is 0.346. The summed E-state index contributed by atoms with van der Waals surface area (Å²) < 4.78 is 5.84. The monoisotopic (exact) mass is 260 g/mol. The van der Waals surface area contributed by atoms with Gasteiger partial charge in [-0.3, -0.25) is 4.90 Å². The molecule has 1 unspecified atom stereocenters. The van der Waals surface area contributed by atoms with Gasteiger partial charge >= 0.3 is 0 Å². The zero-order valence-electron chi connectivity index (χ0n) is 11.8. The third-order valence-electron chi connectivity index (χ3n) is 4.59. The van der Waals surface area contributed by atoms with E-state index < -0.39 is 0 Å². The van der Waals surface area contributed by atoms with Gasteiger partial charge in [0.05, 0.1) is 0 Å². The van der Waals surface area contributed by atoms with Crippen molar-refractivity contribution in [1.82, 2.24) is 10.2 Å². The quantitative estimate of drug-likeness (QED) is 0.878. The Morgan fingerprint density at radius 3 is 2.84 bits per heavy atom. The van der Waals surface area contributed by atoms with Crippen LogP contribution < -0.4 is 10.1 Å². The highest BCUT2D eigenvalue weighted by molar-refractivity contribution is 5.20. The SMILES string of the molecule is CC1(C2CC2)CNCCN1CCOc1ccccc1. The predicted molar refractivity (Wildman–Crippen MR) is 77.5 cm³/mol. The first-order valence-electron chi connectivity index (χ1n) is 7.43. The minimum atomic E-state index is 0.346. The van der Waals surface area contributed by atoms with Gasteiger partial charge in [0.1, 0.15) is 12.4 Å². The molecule has 1 aliphatic heterocycles. The molecular formula is C16H24N2O. The molecule has 0 aromatic heterocycles. The van der Waals surface area contributed by atoms with E-state index >= 15 is 0 Å². The normalized spacial score (nSPS) is 28.3. The highest BCUT2D eigenvalue weighted by Crippen LogP contribution is 2.43. The summed E-state index contributed by atoms with van der Waals surface area (Å²) >= 11 is 0. The summed E-state index contributed by atoms with van der Waals surface area (Å²) in [6, 6.07) is 10.1. The van der Waals surface area contributed by atoms with Gasteiger partial charge in [0.15, 0.2) is 0 Å². The van der Waals surface area contributed by atoms with E-state index in [2.05, 4.69) is 17.1 Å². The number of piperazine rings is 1. The van der Waals surface area contributed by atoms with Crippen molar-refractivity contribution < 1.29 is 4.74 Å². The Morgan fingerprint density at radius 1 is 1.32 bits per heavy atom. The van der Waals surface area contributed by atoms with E-state index in [4.69, 9.17) is 4.74 Å². The van der Waals surface area contributed by atoms with E-state index in [0.717, 1.165) is 44.5 Å². The fraction of sp³-hybridized carbons (Fsp3) is 0.625. The molecular weight excluding hydrogens is 236 g/mol. The van der Waals surface area contributed by atoms with Gasteiger partial charge in [-0.25, -0.2) is 0 Å². The second kappa shape index (κ2) is 5.51. The van der Waals surface area contributed by atoms with Gasteiger partial charge in [-0.2, -0.15) is 0 Å². The maximum Gasteiger partial charge on any atom is 0.119 e. The van der Waals surface area contributed by atoms with Gasteiger partial charge in [-0.1, -0.05) is 18.2 Å². The van der Waals surface area contributed by atoms with E-state index in [1.165, 1.54) is 12.8 Å². The van der Waals surface area contributed by atoms with Crippen molar-refractivity contribution in [3.63, 3.8) is 0 Å². The molecule has 1 aliphatic carbocycles. The summed E-state index contributed by atoms with van der Waals surface area (Å²) in [5.74, 6) is 1.86. The van der Waals surface area contributed by atoms with Crippen molar-refractivity contribution in [3.8, 4) is 5.75 Å². The number of nitrogens with zero attached hydrogens (tertiary/aromatic N) is 1. The van der Waals surface area contributed by atoms with Crippen LogP contribution >= 0.6 is 0 Å². The van der Waals surface area contributed by atoms with Crippen molar-refractivity contribution in [3.05, 3.63) is 30.3 Å². The fourth-order valence-electron chi connectivity index (χ4n) is 3.19. The van der Waals surface area contributed by atoms with Crippen molar-refractivity contribution in [2.75, 3.05) is 32.8 Å². The molecule has 3 heteroatoms. The Balaban J connectivity index is 1.53. The molecule has 0 amide bonds. The Hall–Kier alpha value is -1.06. The second-order valence-corrected chi connectivity index (χ2v) is 5.96. The first-order chi connectivity index (χ1) is 9.29. The Bertz CT molecular complexity index is 404. The first-order valence-corrected chi connectivity index (χ1v) is 7.43. The molecule has 1 aromatic carbocycles. The van der Waals surface area contributed by atoms with Gasteiger partial charge in [-0.05, 0) is 37.8 Å². The molecule has 3 nitrogen and oxygen atoms in total. The average Bonchev–Trinajstić information content (AvgIpc) is 3.27. The predicted octanol–water partition coefficient (Wildman–Crippen LogP) is 2.14. The van der Waals surface area contributed by atoms with Crippen LogP contribution in [0.25, 0.3) is 0 Å². The van der Waals surface area contributed by atoms with Crippen molar-refractivity contribution in [1.29, 1.82) is 0 Å². The van der Waals surface area contributed by atoms with E-state index in [9.17, 15) is 0 Å². The van der Waals surface area contributed by atoms with E-state index in [1.54, 1.807) is 0 Å². The Kier molecular flexibility index (Phi) is 3.76. The minimum absolute atomic E-state index is 0.346. The number of benzene rings is 1. The third kappa shape index (κ3) is 2.93. The number of hydrogen-bond donors (Lipinski definition) is 1. The molecule has 0 radical (unpaired) electrons. The fourth-order valence-corrected chi connectivity index (χ4v) is 3.19. The lowest BCUT2D eigenvalue weighted by Crippen LogP contribution is -2.61. The van der Waals surface area contributed by atoms with Crippen molar-refractivity contribution in [2.24, 2.45) is 5.92 Å². The molecule has 2 aliphatic rings. The van der Waals surface area contributed by atoms with Crippen molar-refractivity contribution in [2.45, 2.75) is 25.3 Å². The smallest absolute Gasteiger partial charge is 0.119 e. The van der Waals surface area contributed by atoms with Crippen molar-refractivity contribution >= 4 is 0 Å². The summed E-state index contributed by atoms with van der Waals surface area (Å²) in [4.78, 5) is 2.63. The van der Waals surface area contributed by atoms with Crippen LogP contribution in [-0.2, 0) is 0 Å². The highest BCUT2D eigenvalue weighted by atomic mass is 16.5. The summed E-state index contributed by atoms with van der Waals surface area (Å²) in [6.45, 7) is 7.61. The zero-order valence-corrected chi connectivity index (χ0v) is 11.8. The van der Waals surface area contributed by atoms with Crippen LogP contribution in [0.15, 0.2) is 30.3 Å². The number of nitrogens with one attached hydrogen (secondary N) is 1. The van der Waals surface area contributed by atoms with E-state index in [1.807, 2.05) is 30.3 Å². The molecule has 1 atom stereocenters. The lowest BCUT2D eigenvalue weighted by atomic mass is 9.91. The van der Waals surface area contributed by atoms with Crippen LogP contribution in [0.5, 0.6) is 5.75 Å². The van der Waals surface area contributed by atoms with Crippen LogP contribution in [0.3, 0.4) is 0 Å².